The molecule has 3 aromatic heterocycles. The van der Waals surface area contributed by atoms with E-state index in [4.69, 9.17) is 4.74 Å². The van der Waals surface area contributed by atoms with E-state index in [1.54, 1.807) is 22.7 Å². The standard InChI is InChI=1S/C25H26FN7O3/c1-36-22-9-17(15-33-24(22)18(10-27)11-29-33)19-12-28-32(16-19)21-4-7-30(8-5-21)25(35)20-13-31(14-20)23(34)3-2-6-26/h2-3,9,11-12,15-16,20-21H,4-8,13-14H2,1H3/b3-2+. The summed E-state index contributed by atoms with van der Waals surface area (Å²) in [5.74, 6) is 0.203. The highest BCUT2D eigenvalue weighted by molar-refractivity contribution is 5.90. The van der Waals surface area contributed by atoms with E-state index in [-0.39, 0.29) is 23.8 Å². The number of rotatable bonds is 6. The van der Waals surface area contributed by atoms with Crippen LogP contribution in [0.4, 0.5) is 4.39 Å². The third-order valence-corrected chi connectivity index (χ3v) is 6.89. The van der Waals surface area contributed by atoms with Crippen molar-refractivity contribution >= 4 is 17.3 Å². The molecule has 2 saturated heterocycles. The molecule has 10 nitrogen and oxygen atoms in total. The second-order valence-corrected chi connectivity index (χ2v) is 9.02. The van der Waals surface area contributed by atoms with Gasteiger partial charge in [-0.15, -0.1) is 0 Å². The molecule has 0 spiro atoms. The van der Waals surface area contributed by atoms with Crippen LogP contribution in [0.5, 0.6) is 5.75 Å². The van der Waals surface area contributed by atoms with Gasteiger partial charge in [-0.1, -0.05) is 0 Å². The number of piperidine rings is 1. The predicted octanol–water partition coefficient (Wildman–Crippen LogP) is 2.23. The highest BCUT2D eigenvalue weighted by atomic mass is 19.1. The van der Waals surface area contributed by atoms with Crippen LogP contribution in [0.2, 0.25) is 0 Å². The van der Waals surface area contributed by atoms with Gasteiger partial charge in [0.2, 0.25) is 11.8 Å². The number of pyridine rings is 1. The zero-order valence-electron chi connectivity index (χ0n) is 19.9. The van der Waals surface area contributed by atoms with Crippen molar-refractivity contribution in [1.29, 1.82) is 5.26 Å². The molecule has 0 saturated carbocycles. The van der Waals surface area contributed by atoms with Crippen molar-refractivity contribution in [1.82, 2.24) is 29.2 Å². The van der Waals surface area contributed by atoms with Crippen LogP contribution < -0.4 is 4.74 Å². The fraction of sp³-hybridized carbons (Fsp3) is 0.400. The Morgan fingerprint density at radius 3 is 2.64 bits per heavy atom. The highest BCUT2D eigenvalue weighted by Crippen LogP contribution is 2.31. The zero-order valence-corrected chi connectivity index (χ0v) is 19.9. The monoisotopic (exact) mass is 491 g/mol. The lowest BCUT2D eigenvalue weighted by Gasteiger charge is -2.41. The normalized spacial score (nSPS) is 16.9. The number of alkyl halides is 1. The number of methoxy groups -OCH3 is 1. The first-order valence-corrected chi connectivity index (χ1v) is 11.8. The highest BCUT2D eigenvalue weighted by Gasteiger charge is 2.38. The summed E-state index contributed by atoms with van der Waals surface area (Å²) < 4.78 is 21.3. The van der Waals surface area contributed by atoms with Gasteiger partial charge in [-0.2, -0.15) is 15.5 Å². The number of hydrogen-bond donors (Lipinski definition) is 0. The number of halogens is 1. The van der Waals surface area contributed by atoms with Crippen LogP contribution in [-0.2, 0) is 9.59 Å². The van der Waals surface area contributed by atoms with Crippen molar-refractivity contribution in [2.24, 2.45) is 5.92 Å². The Kier molecular flexibility index (Phi) is 6.41. The molecular weight excluding hydrogens is 465 g/mol. The van der Waals surface area contributed by atoms with Gasteiger partial charge in [-0.25, -0.2) is 8.91 Å². The van der Waals surface area contributed by atoms with E-state index in [0.29, 0.717) is 43.0 Å². The summed E-state index contributed by atoms with van der Waals surface area (Å²) in [7, 11) is 1.56. The molecule has 2 fully saturated rings. The molecule has 0 aromatic carbocycles. The number of carbonyl (C=O) groups excluding carboxylic acids is 2. The van der Waals surface area contributed by atoms with Crippen LogP contribution in [-0.4, -0.2) is 81.0 Å². The number of likely N-dealkylation sites (tertiary alicyclic amines) is 2. The Morgan fingerprint density at radius 1 is 1.17 bits per heavy atom. The first kappa shape index (κ1) is 23.5. The van der Waals surface area contributed by atoms with Gasteiger partial charge in [0, 0.05) is 55.8 Å². The summed E-state index contributed by atoms with van der Waals surface area (Å²) in [6, 6.07) is 4.18. The number of nitrogens with zero attached hydrogens (tertiary/aromatic N) is 7. The van der Waals surface area contributed by atoms with E-state index in [1.165, 1.54) is 18.3 Å². The lowest BCUT2D eigenvalue weighted by atomic mass is 9.96. The third-order valence-electron chi connectivity index (χ3n) is 6.89. The van der Waals surface area contributed by atoms with Gasteiger partial charge in [-0.05, 0) is 25.0 Å². The topological polar surface area (TPSA) is 109 Å². The van der Waals surface area contributed by atoms with E-state index < -0.39 is 6.67 Å². The molecule has 0 unspecified atom stereocenters. The van der Waals surface area contributed by atoms with E-state index in [9.17, 15) is 19.2 Å². The van der Waals surface area contributed by atoms with E-state index in [0.717, 1.165) is 24.0 Å². The third kappa shape index (κ3) is 4.30. The molecule has 186 valence electrons. The second-order valence-electron chi connectivity index (χ2n) is 9.02. The Bertz CT molecular complexity index is 1360. The minimum Gasteiger partial charge on any atom is -0.494 e. The minimum atomic E-state index is -0.675. The van der Waals surface area contributed by atoms with Gasteiger partial charge in [0.15, 0.2) is 0 Å². The lowest BCUT2D eigenvalue weighted by molar-refractivity contribution is -0.147. The molecule has 36 heavy (non-hydrogen) atoms. The first-order chi connectivity index (χ1) is 17.5. The van der Waals surface area contributed by atoms with Gasteiger partial charge in [0.25, 0.3) is 0 Å². The zero-order chi connectivity index (χ0) is 25.2. The van der Waals surface area contributed by atoms with Crippen LogP contribution in [0.25, 0.3) is 16.6 Å². The Morgan fingerprint density at radius 2 is 1.94 bits per heavy atom. The van der Waals surface area contributed by atoms with Gasteiger partial charge in [0.1, 0.15) is 29.6 Å². The van der Waals surface area contributed by atoms with Crippen molar-refractivity contribution in [2.45, 2.75) is 18.9 Å². The quantitative estimate of drug-likeness (QED) is 0.489. The molecule has 0 N–H and O–H groups in total. The molecule has 0 aliphatic carbocycles. The van der Waals surface area contributed by atoms with E-state index in [1.807, 2.05) is 28.0 Å². The van der Waals surface area contributed by atoms with E-state index in [2.05, 4.69) is 16.3 Å². The second kappa shape index (κ2) is 9.81. The number of nitriles is 1. The van der Waals surface area contributed by atoms with Gasteiger partial charge < -0.3 is 14.5 Å². The smallest absolute Gasteiger partial charge is 0.246 e. The maximum atomic E-state index is 12.8. The molecular formula is C25H26FN7O3. The number of amides is 2. The number of allylic oxidation sites excluding steroid dienone is 1. The number of fused-ring (bicyclic) bond motifs is 1. The molecule has 11 heteroatoms. The average molecular weight is 492 g/mol. The number of aromatic nitrogens is 4. The largest absolute Gasteiger partial charge is 0.494 e. The summed E-state index contributed by atoms with van der Waals surface area (Å²) in [6.45, 7) is 1.36. The molecule has 0 radical (unpaired) electrons. The molecule has 2 aliphatic rings. The molecule has 0 bridgehead atoms. The predicted molar refractivity (Wildman–Crippen MR) is 128 cm³/mol. The SMILES string of the molecule is COc1cc(-c2cnn(C3CCN(C(=O)C4CN(C(=O)/C=C/CF)C4)CC3)c2)cn2ncc(C#N)c12. The van der Waals surface area contributed by atoms with Gasteiger partial charge in [0.05, 0.1) is 31.5 Å². The number of carbonyl (C=O) groups is 2. The summed E-state index contributed by atoms with van der Waals surface area (Å²) in [5, 5.41) is 18.2. The van der Waals surface area contributed by atoms with Crippen LogP contribution in [0, 0.1) is 17.2 Å². The Labute approximate surface area is 207 Å². The minimum absolute atomic E-state index is 0.0736. The van der Waals surface area contributed by atoms with Crippen molar-refractivity contribution in [3.05, 3.63) is 48.6 Å². The van der Waals surface area contributed by atoms with Crippen LogP contribution in [0.1, 0.15) is 24.4 Å². The molecule has 2 aliphatic heterocycles. The maximum Gasteiger partial charge on any atom is 0.246 e. The van der Waals surface area contributed by atoms with Crippen molar-refractivity contribution in [3.63, 3.8) is 0 Å². The van der Waals surface area contributed by atoms with E-state index >= 15 is 0 Å². The first-order valence-electron chi connectivity index (χ1n) is 11.8. The molecule has 5 rings (SSSR count). The maximum absolute atomic E-state index is 12.8. The van der Waals surface area contributed by atoms with Crippen LogP contribution >= 0.6 is 0 Å². The fourth-order valence-electron chi connectivity index (χ4n) is 4.84. The Hall–Kier alpha value is -4.20. The summed E-state index contributed by atoms with van der Waals surface area (Å²) in [4.78, 5) is 28.1. The van der Waals surface area contributed by atoms with Gasteiger partial charge >= 0.3 is 0 Å². The van der Waals surface area contributed by atoms with Crippen molar-refractivity contribution in [3.8, 4) is 22.9 Å². The summed E-state index contributed by atoms with van der Waals surface area (Å²) >= 11 is 0. The summed E-state index contributed by atoms with van der Waals surface area (Å²) in [6.07, 6.45) is 11.1. The summed E-state index contributed by atoms with van der Waals surface area (Å²) in [5.41, 5.74) is 2.86. The van der Waals surface area contributed by atoms with Crippen LogP contribution in [0.3, 0.4) is 0 Å². The molecule has 3 aromatic rings. The lowest BCUT2D eigenvalue weighted by Crippen LogP contribution is -2.57. The van der Waals surface area contributed by atoms with Gasteiger partial charge in [-0.3, -0.25) is 14.3 Å². The fourth-order valence-corrected chi connectivity index (χ4v) is 4.84. The number of ether oxygens (including phenoxy) is 1. The molecule has 5 heterocycles. The van der Waals surface area contributed by atoms with Crippen molar-refractivity contribution < 1.29 is 18.7 Å². The molecule has 0 atom stereocenters. The van der Waals surface area contributed by atoms with Crippen LogP contribution in [0.15, 0.2) is 43.0 Å². The number of hydrogen-bond acceptors (Lipinski definition) is 6. The average Bonchev–Trinajstić information content (AvgIpc) is 3.53. The van der Waals surface area contributed by atoms with Crippen molar-refractivity contribution in [2.75, 3.05) is 40.0 Å². The Balaban J connectivity index is 1.20. The molecule has 2 amide bonds.